The number of aromatic amines is 1. The molecular weight excluding hydrogens is 348 g/mol. The van der Waals surface area contributed by atoms with E-state index in [1.165, 1.54) is 11.0 Å². The van der Waals surface area contributed by atoms with Gasteiger partial charge in [0.05, 0.1) is 5.69 Å². The van der Waals surface area contributed by atoms with Gasteiger partial charge in [-0.25, -0.2) is 4.79 Å². The molecular formula is C12H11BrN2O2S2. The molecule has 0 unspecified atom stereocenters. The second-order valence-corrected chi connectivity index (χ2v) is 6.18. The predicted octanol–water partition coefficient (Wildman–Crippen LogP) is 3.98. The van der Waals surface area contributed by atoms with Crippen LogP contribution in [0.1, 0.15) is 10.5 Å². The van der Waals surface area contributed by atoms with Crippen LogP contribution < -0.4 is 0 Å². The van der Waals surface area contributed by atoms with E-state index < -0.39 is 5.97 Å². The molecule has 19 heavy (non-hydrogen) atoms. The van der Waals surface area contributed by atoms with Crippen molar-refractivity contribution in [1.82, 2.24) is 10.2 Å². The summed E-state index contributed by atoms with van der Waals surface area (Å²) in [5.74, 6) is -1.01. The van der Waals surface area contributed by atoms with Crippen LogP contribution in [-0.4, -0.2) is 33.8 Å². The molecule has 0 saturated heterocycles. The van der Waals surface area contributed by atoms with Gasteiger partial charge >= 0.3 is 5.97 Å². The lowest BCUT2D eigenvalue weighted by molar-refractivity contribution is 0.0690. The Morgan fingerprint density at radius 3 is 2.58 bits per heavy atom. The molecule has 0 aliphatic heterocycles. The molecule has 0 fully saturated rings. The topological polar surface area (TPSA) is 66.0 Å². The van der Waals surface area contributed by atoms with E-state index in [1.807, 2.05) is 24.6 Å². The van der Waals surface area contributed by atoms with Crippen LogP contribution in [0.5, 0.6) is 0 Å². The number of halogens is 1. The number of H-pyrrole nitrogens is 1. The number of carboxylic acids is 1. The smallest absolute Gasteiger partial charge is 0.353 e. The summed E-state index contributed by atoms with van der Waals surface area (Å²) in [6.45, 7) is 0. The van der Waals surface area contributed by atoms with E-state index in [0.29, 0.717) is 5.69 Å². The van der Waals surface area contributed by atoms with Crippen LogP contribution in [-0.2, 0) is 0 Å². The Kier molecular flexibility index (Phi) is 4.59. The minimum atomic E-state index is -1.01. The second-order valence-electron chi connectivity index (χ2n) is 3.67. The molecule has 0 atom stereocenters. The van der Waals surface area contributed by atoms with E-state index in [-0.39, 0.29) is 5.69 Å². The zero-order chi connectivity index (χ0) is 14.0. The Balaban J connectivity index is 2.50. The molecule has 1 heterocycles. The van der Waals surface area contributed by atoms with Crippen molar-refractivity contribution in [2.45, 2.75) is 9.79 Å². The summed E-state index contributed by atoms with van der Waals surface area (Å²) >= 11 is 6.87. The van der Waals surface area contributed by atoms with E-state index >= 15 is 0 Å². The molecule has 2 rings (SSSR count). The molecule has 1 aromatic carbocycles. The fourth-order valence-electron chi connectivity index (χ4n) is 1.64. The zero-order valence-electron chi connectivity index (χ0n) is 10.2. The highest BCUT2D eigenvalue weighted by molar-refractivity contribution is 9.10. The van der Waals surface area contributed by atoms with Crippen LogP contribution in [0.25, 0.3) is 11.3 Å². The third-order valence-corrected chi connectivity index (χ3v) is 5.16. The highest BCUT2D eigenvalue weighted by Crippen LogP contribution is 2.38. The van der Waals surface area contributed by atoms with Crippen LogP contribution >= 0.6 is 39.5 Å². The zero-order valence-corrected chi connectivity index (χ0v) is 13.4. The van der Waals surface area contributed by atoms with Crippen LogP contribution in [0.4, 0.5) is 0 Å². The van der Waals surface area contributed by atoms with Crippen molar-refractivity contribution in [2.75, 3.05) is 12.5 Å². The molecule has 0 saturated carbocycles. The molecule has 0 aliphatic carbocycles. The normalized spacial score (nSPS) is 10.7. The van der Waals surface area contributed by atoms with Gasteiger partial charge in [-0.2, -0.15) is 5.10 Å². The number of hydrogen-bond donors (Lipinski definition) is 2. The maximum atomic E-state index is 10.8. The van der Waals surface area contributed by atoms with Gasteiger partial charge in [0, 0.05) is 19.8 Å². The summed E-state index contributed by atoms with van der Waals surface area (Å²) in [5, 5.41) is 15.4. The van der Waals surface area contributed by atoms with Crippen molar-refractivity contribution in [2.24, 2.45) is 0 Å². The molecule has 0 aliphatic rings. The monoisotopic (exact) mass is 358 g/mol. The molecule has 0 amide bonds. The van der Waals surface area contributed by atoms with E-state index in [9.17, 15) is 4.79 Å². The van der Waals surface area contributed by atoms with E-state index in [2.05, 4.69) is 26.1 Å². The van der Waals surface area contributed by atoms with Gasteiger partial charge in [-0.05, 0) is 46.6 Å². The van der Waals surface area contributed by atoms with Crippen molar-refractivity contribution >= 4 is 45.4 Å². The van der Waals surface area contributed by atoms with Gasteiger partial charge in [0.2, 0.25) is 0 Å². The highest BCUT2D eigenvalue weighted by atomic mass is 79.9. The quantitative estimate of drug-likeness (QED) is 0.809. The largest absolute Gasteiger partial charge is 0.477 e. The molecule has 7 heteroatoms. The first-order valence-corrected chi connectivity index (χ1v) is 8.51. The molecule has 0 bridgehead atoms. The number of aromatic carboxylic acids is 1. The number of carboxylic acid groups (broad SMARTS) is 1. The minimum absolute atomic E-state index is 0.0887. The first-order valence-electron chi connectivity index (χ1n) is 5.27. The lowest BCUT2D eigenvalue weighted by atomic mass is 10.1. The molecule has 0 radical (unpaired) electrons. The van der Waals surface area contributed by atoms with Crippen LogP contribution in [0.15, 0.2) is 32.5 Å². The van der Waals surface area contributed by atoms with Gasteiger partial charge in [-0.3, -0.25) is 5.10 Å². The lowest BCUT2D eigenvalue weighted by Crippen LogP contribution is -1.95. The number of benzene rings is 1. The molecule has 0 spiro atoms. The van der Waals surface area contributed by atoms with Gasteiger partial charge in [-0.1, -0.05) is 0 Å². The fourth-order valence-corrected chi connectivity index (χ4v) is 4.28. The maximum absolute atomic E-state index is 10.8. The molecule has 100 valence electrons. The number of nitrogens with one attached hydrogen (secondary N) is 1. The number of aromatic nitrogens is 2. The number of carbonyl (C=O) groups is 1. The van der Waals surface area contributed by atoms with Crippen LogP contribution in [0.2, 0.25) is 0 Å². The number of nitrogens with zero attached hydrogens (tertiary/aromatic N) is 1. The van der Waals surface area contributed by atoms with Crippen LogP contribution in [0.3, 0.4) is 0 Å². The first-order chi connectivity index (χ1) is 9.06. The fraction of sp³-hybridized carbons (Fsp3) is 0.167. The highest BCUT2D eigenvalue weighted by Gasteiger charge is 2.13. The molecule has 2 N–H and O–H groups in total. The van der Waals surface area contributed by atoms with Gasteiger partial charge in [0.15, 0.2) is 0 Å². The molecule has 4 nitrogen and oxygen atoms in total. The summed E-state index contributed by atoms with van der Waals surface area (Å²) in [7, 11) is 0. The van der Waals surface area contributed by atoms with Crippen molar-refractivity contribution in [3.05, 3.63) is 28.4 Å². The Morgan fingerprint density at radius 1 is 1.32 bits per heavy atom. The number of hydrogen-bond acceptors (Lipinski definition) is 4. The Hall–Kier alpha value is -0.920. The molecule has 1 aromatic heterocycles. The van der Waals surface area contributed by atoms with Crippen molar-refractivity contribution in [3.63, 3.8) is 0 Å². The third-order valence-electron chi connectivity index (χ3n) is 2.54. The standard InChI is InChI=1S/C12H11BrN2O2S2/c1-18-10-4-6(3-7(13)11(10)19-2)8-5-9(12(16)17)15-14-8/h3-5H,1-2H3,(H,14,15)(H,16,17). The van der Waals surface area contributed by atoms with Crippen molar-refractivity contribution < 1.29 is 9.90 Å². The third kappa shape index (κ3) is 2.98. The Bertz CT molecular complexity index is 628. The summed E-state index contributed by atoms with van der Waals surface area (Å²) in [5.41, 5.74) is 1.60. The van der Waals surface area contributed by atoms with Gasteiger partial charge < -0.3 is 5.11 Å². The van der Waals surface area contributed by atoms with Gasteiger partial charge in [0.1, 0.15) is 5.69 Å². The van der Waals surface area contributed by atoms with E-state index in [0.717, 1.165) is 14.9 Å². The predicted molar refractivity (Wildman–Crippen MR) is 82.2 cm³/mol. The van der Waals surface area contributed by atoms with Crippen molar-refractivity contribution in [1.29, 1.82) is 0 Å². The summed E-state index contributed by atoms with van der Waals surface area (Å²) in [4.78, 5) is 13.2. The summed E-state index contributed by atoms with van der Waals surface area (Å²) in [6, 6.07) is 5.50. The molecule has 2 aromatic rings. The number of rotatable bonds is 4. The van der Waals surface area contributed by atoms with Gasteiger partial charge in [-0.15, -0.1) is 23.5 Å². The first kappa shape index (κ1) is 14.5. The van der Waals surface area contributed by atoms with Gasteiger partial charge in [0.25, 0.3) is 0 Å². The van der Waals surface area contributed by atoms with E-state index in [4.69, 9.17) is 5.11 Å². The maximum Gasteiger partial charge on any atom is 0.353 e. The average Bonchev–Trinajstić information content (AvgIpc) is 2.87. The summed E-state index contributed by atoms with van der Waals surface area (Å²) in [6.07, 6.45) is 4.04. The van der Waals surface area contributed by atoms with Crippen LogP contribution in [0, 0.1) is 0 Å². The Morgan fingerprint density at radius 2 is 2.05 bits per heavy atom. The number of thioether (sulfide) groups is 2. The SMILES string of the molecule is CSc1cc(-c2cc(C(=O)O)[nH]n2)cc(Br)c1SC. The minimum Gasteiger partial charge on any atom is -0.477 e. The van der Waals surface area contributed by atoms with Crippen molar-refractivity contribution in [3.8, 4) is 11.3 Å². The lowest BCUT2D eigenvalue weighted by Gasteiger charge is -2.09. The summed E-state index contributed by atoms with van der Waals surface area (Å²) < 4.78 is 0.988. The average molecular weight is 359 g/mol. The second kappa shape index (κ2) is 6.02. The van der Waals surface area contributed by atoms with E-state index in [1.54, 1.807) is 23.5 Å². The Labute approximate surface area is 127 Å².